The molecule has 0 aliphatic carbocycles. The van der Waals surface area contributed by atoms with E-state index in [2.05, 4.69) is 31.2 Å². The molecule has 92 valence electrons. The first-order chi connectivity index (χ1) is 8.54. The topological polar surface area (TPSA) is 80.9 Å². The number of rotatable bonds is 2. The van der Waals surface area contributed by atoms with Crippen molar-refractivity contribution in [3.63, 3.8) is 0 Å². The van der Waals surface area contributed by atoms with Crippen LogP contribution in [0.5, 0.6) is 0 Å². The van der Waals surface area contributed by atoms with E-state index in [0.717, 1.165) is 10.0 Å². The van der Waals surface area contributed by atoms with Crippen molar-refractivity contribution < 1.29 is 4.79 Å². The molecule has 2 aromatic rings. The summed E-state index contributed by atoms with van der Waals surface area (Å²) in [5.41, 5.74) is 7.38. The normalized spacial score (nSPS) is 10.1. The van der Waals surface area contributed by atoms with E-state index in [-0.39, 0.29) is 17.4 Å². The minimum Gasteiger partial charge on any atom is -0.382 e. The highest BCUT2D eigenvalue weighted by atomic mass is 79.9. The Labute approximate surface area is 113 Å². The maximum atomic E-state index is 11.9. The number of hydrogen-bond donors (Lipinski definition) is 2. The summed E-state index contributed by atoms with van der Waals surface area (Å²) in [6.07, 6.45) is 2.69. The zero-order valence-corrected chi connectivity index (χ0v) is 11.2. The summed E-state index contributed by atoms with van der Waals surface area (Å²) >= 11 is 3.37. The van der Waals surface area contributed by atoms with Crippen LogP contribution in [0.4, 0.5) is 11.5 Å². The van der Waals surface area contributed by atoms with Gasteiger partial charge in [-0.3, -0.25) is 4.79 Å². The second kappa shape index (κ2) is 5.14. The fourth-order valence-corrected chi connectivity index (χ4v) is 2.07. The van der Waals surface area contributed by atoms with Gasteiger partial charge in [-0.15, -0.1) is 0 Å². The number of nitrogens with two attached hydrogens (primary N) is 1. The predicted molar refractivity (Wildman–Crippen MR) is 73.3 cm³/mol. The quantitative estimate of drug-likeness (QED) is 0.892. The van der Waals surface area contributed by atoms with Crippen LogP contribution in [0, 0.1) is 6.92 Å². The third-order valence-corrected chi connectivity index (χ3v) is 2.66. The van der Waals surface area contributed by atoms with Crippen LogP contribution in [0.15, 0.2) is 35.1 Å². The standard InChI is InChI=1S/C12H11BrN4O/c1-7-2-8(13)4-9(3-7)17-12(18)10-5-16-11(14)6-15-10/h2-6H,1H3,(H2,14,16)(H,17,18). The molecule has 1 aromatic heterocycles. The van der Waals surface area contributed by atoms with Gasteiger partial charge >= 0.3 is 0 Å². The summed E-state index contributed by atoms with van der Waals surface area (Å²) in [6, 6.07) is 5.64. The number of nitrogens with zero attached hydrogens (tertiary/aromatic N) is 2. The van der Waals surface area contributed by atoms with E-state index >= 15 is 0 Å². The van der Waals surface area contributed by atoms with Crippen molar-refractivity contribution in [2.75, 3.05) is 11.1 Å². The van der Waals surface area contributed by atoms with Crippen molar-refractivity contribution in [3.8, 4) is 0 Å². The number of hydrogen-bond acceptors (Lipinski definition) is 4. The third kappa shape index (κ3) is 3.04. The van der Waals surface area contributed by atoms with Crippen molar-refractivity contribution in [2.45, 2.75) is 6.92 Å². The zero-order valence-electron chi connectivity index (χ0n) is 9.64. The maximum Gasteiger partial charge on any atom is 0.275 e. The van der Waals surface area contributed by atoms with Gasteiger partial charge in [0.2, 0.25) is 0 Å². The Morgan fingerprint density at radius 1 is 1.28 bits per heavy atom. The van der Waals surface area contributed by atoms with E-state index in [0.29, 0.717) is 5.69 Å². The minimum absolute atomic E-state index is 0.224. The highest BCUT2D eigenvalue weighted by Crippen LogP contribution is 2.19. The Balaban J connectivity index is 2.18. The summed E-state index contributed by atoms with van der Waals surface area (Å²) < 4.78 is 0.904. The first kappa shape index (κ1) is 12.5. The Hall–Kier alpha value is -1.95. The van der Waals surface area contributed by atoms with Gasteiger partial charge in [-0.1, -0.05) is 15.9 Å². The van der Waals surface area contributed by atoms with Gasteiger partial charge in [-0.05, 0) is 30.7 Å². The van der Waals surface area contributed by atoms with Crippen LogP contribution < -0.4 is 11.1 Å². The molecule has 3 N–H and O–H groups in total. The van der Waals surface area contributed by atoms with Gasteiger partial charge in [0.25, 0.3) is 5.91 Å². The summed E-state index contributed by atoms with van der Waals surface area (Å²) in [6.45, 7) is 1.95. The lowest BCUT2D eigenvalue weighted by Gasteiger charge is -2.06. The van der Waals surface area contributed by atoms with Crippen molar-refractivity contribution in [3.05, 3.63) is 46.3 Å². The molecular weight excluding hydrogens is 296 g/mol. The first-order valence-electron chi connectivity index (χ1n) is 5.20. The average Bonchev–Trinajstić information content (AvgIpc) is 2.28. The van der Waals surface area contributed by atoms with Crippen molar-refractivity contribution in [2.24, 2.45) is 0 Å². The molecule has 0 saturated heterocycles. The van der Waals surface area contributed by atoms with Crippen molar-refractivity contribution in [1.29, 1.82) is 0 Å². The fraction of sp³-hybridized carbons (Fsp3) is 0.0833. The molecule has 2 rings (SSSR count). The Bertz CT molecular complexity index is 563. The van der Waals surface area contributed by atoms with Gasteiger partial charge in [0.1, 0.15) is 11.5 Å². The first-order valence-corrected chi connectivity index (χ1v) is 6.00. The summed E-state index contributed by atoms with van der Waals surface area (Å²) in [5, 5.41) is 2.75. The van der Waals surface area contributed by atoms with Crippen LogP contribution in [-0.4, -0.2) is 15.9 Å². The molecule has 6 heteroatoms. The molecule has 1 heterocycles. The molecule has 0 radical (unpaired) electrons. The van der Waals surface area contributed by atoms with Gasteiger partial charge in [-0.2, -0.15) is 0 Å². The lowest BCUT2D eigenvalue weighted by Crippen LogP contribution is -2.14. The van der Waals surface area contributed by atoms with Crippen LogP contribution in [0.3, 0.4) is 0 Å². The Morgan fingerprint density at radius 2 is 2.06 bits per heavy atom. The number of carbonyl (C=O) groups excluding carboxylic acids is 1. The van der Waals surface area contributed by atoms with Crippen molar-refractivity contribution in [1.82, 2.24) is 9.97 Å². The van der Waals surface area contributed by atoms with Gasteiger partial charge in [0.15, 0.2) is 0 Å². The van der Waals surface area contributed by atoms with Crippen LogP contribution in [0.2, 0.25) is 0 Å². The molecule has 0 bridgehead atoms. The number of carbonyl (C=O) groups is 1. The average molecular weight is 307 g/mol. The summed E-state index contributed by atoms with van der Waals surface area (Å²) in [4.78, 5) is 19.6. The minimum atomic E-state index is -0.319. The lowest BCUT2D eigenvalue weighted by atomic mass is 10.2. The molecular formula is C12H11BrN4O. The molecule has 18 heavy (non-hydrogen) atoms. The molecule has 0 unspecified atom stereocenters. The molecule has 1 aromatic carbocycles. The van der Waals surface area contributed by atoms with Crippen LogP contribution in [0.1, 0.15) is 16.1 Å². The molecule has 0 aliphatic heterocycles. The van der Waals surface area contributed by atoms with E-state index in [9.17, 15) is 4.79 Å². The largest absolute Gasteiger partial charge is 0.382 e. The van der Waals surface area contributed by atoms with E-state index in [1.165, 1.54) is 12.4 Å². The van der Waals surface area contributed by atoms with Gasteiger partial charge < -0.3 is 11.1 Å². The highest BCUT2D eigenvalue weighted by Gasteiger charge is 2.08. The molecule has 5 nitrogen and oxygen atoms in total. The number of amides is 1. The number of nitrogens with one attached hydrogen (secondary N) is 1. The summed E-state index contributed by atoms with van der Waals surface area (Å²) in [5.74, 6) is -0.0372. The number of aryl methyl sites for hydroxylation is 1. The smallest absolute Gasteiger partial charge is 0.275 e. The SMILES string of the molecule is Cc1cc(Br)cc(NC(=O)c2cnc(N)cn2)c1. The zero-order chi connectivity index (χ0) is 13.1. The van der Waals surface area contributed by atoms with E-state index < -0.39 is 0 Å². The third-order valence-electron chi connectivity index (χ3n) is 2.20. The molecule has 0 fully saturated rings. The number of halogens is 1. The van der Waals surface area contributed by atoms with E-state index in [1.807, 2.05) is 25.1 Å². The Morgan fingerprint density at radius 3 is 2.67 bits per heavy atom. The summed E-state index contributed by atoms with van der Waals surface area (Å²) in [7, 11) is 0. The maximum absolute atomic E-state index is 11.9. The van der Waals surface area contributed by atoms with Crippen LogP contribution >= 0.6 is 15.9 Å². The number of aromatic nitrogens is 2. The molecule has 0 atom stereocenters. The second-order valence-corrected chi connectivity index (χ2v) is 4.71. The Kier molecular flexibility index (Phi) is 3.57. The second-order valence-electron chi connectivity index (χ2n) is 3.80. The number of benzene rings is 1. The van der Waals surface area contributed by atoms with Crippen LogP contribution in [0.25, 0.3) is 0 Å². The number of nitrogen functional groups attached to an aromatic ring is 1. The molecule has 0 saturated carbocycles. The monoisotopic (exact) mass is 306 g/mol. The predicted octanol–water partition coefficient (Wildman–Crippen LogP) is 2.38. The molecule has 0 aliphatic rings. The lowest BCUT2D eigenvalue weighted by molar-refractivity contribution is 0.102. The highest BCUT2D eigenvalue weighted by molar-refractivity contribution is 9.10. The van der Waals surface area contributed by atoms with Gasteiger partial charge in [0, 0.05) is 10.2 Å². The molecule has 0 spiro atoms. The molecule has 1 amide bonds. The van der Waals surface area contributed by atoms with E-state index in [4.69, 9.17) is 5.73 Å². The fourth-order valence-electron chi connectivity index (χ4n) is 1.46. The van der Waals surface area contributed by atoms with Gasteiger partial charge in [0.05, 0.1) is 12.4 Å². The van der Waals surface area contributed by atoms with Crippen LogP contribution in [-0.2, 0) is 0 Å². The van der Waals surface area contributed by atoms with Crippen molar-refractivity contribution >= 4 is 33.3 Å². The van der Waals surface area contributed by atoms with Gasteiger partial charge in [-0.25, -0.2) is 9.97 Å². The number of anilines is 2. The van der Waals surface area contributed by atoms with E-state index in [1.54, 1.807) is 0 Å².